The summed E-state index contributed by atoms with van der Waals surface area (Å²) in [6.45, 7) is 9.16. The van der Waals surface area contributed by atoms with Gasteiger partial charge >= 0.3 is 0 Å². The van der Waals surface area contributed by atoms with E-state index >= 15 is 0 Å². The zero-order valence-corrected chi connectivity index (χ0v) is 11.2. The van der Waals surface area contributed by atoms with Gasteiger partial charge in [-0.2, -0.15) is 0 Å². The van der Waals surface area contributed by atoms with Gasteiger partial charge in [-0.3, -0.25) is 0 Å². The standard InChI is InChI=1S/C14H28N2/c1-14(2,3)10-15-9-12-8-11-6-4-5-7-13(11)16-12/h11-13,15-16H,4-10H2,1-3H3. The minimum atomic E-state index is 0.408. The third-order valence-electron chi connectivity index (χ3n) is 3.99. The van der Waals surface area contributed by atoms with Crippen LogP contribution in [0.1, 0.15) is 52.9 Å². The zero-order valence-electron chi connectivity index (χ0n) is 11.2. The van der Waals surface area contributed by atoms with Crippen LogP contribution in [0.25, 0.3) is 0 Å². The molecular formula is C14H28N2. The molecule has 0 aromatic carbocycles. The summed E-state index contributed by atoms with van der Waals surface area (Å²) in [6.07, 6.45) is 7.19. The Morgan fingerprint density at radius 2 is 1.94 bits per heavy atom. The summed E-state index contributed by atoms with van der Waals surface area (Å²) in [5.74, 6) is 0.982. The Bertz CT molecular complexity index is 205. The van der Waals surface area contributed by atoms with E-state index in [9.17, 15) is 0 Å². The highest BCUT2D eigenvalue weighted by molar-refractivity contribution is 4.93. The molecule has 0 aromatic heterocycles. The molecule has 0 bridgehead atoms. The van der Waals surface area contributed by atoms with Crippen LogP contribution < -0.4 is 10.6 Å². The minimum absolute atomic E-state index is 0.408. The number of hydrogen-bond donors (Lipinski definition) is 2. The average Bonchev–Trinajstić information content (AvgIpc) is 2.57. The number of nitrogens with one attached hydrogen (secondary N) is 2. The summed E-state index contributed by atoms with van der Waals surface area (Å²) in [5, 5.41) is 7.43. The molecule has 3 atom stereocenters. The van der Waals surface area contributed by atoms with Gasteiger partial charge in [0.1, 0.15) is 0 Å². The van der Waals surface area contributed by atoms with E-state index in [1.165, 1.54) is 32.1 Å². The maximum Gasteiger partial charge on any atom is 0.0198 e. The maximum atomic E-state index is 3.82. The molecule has 0 radical (unpaired) electrons. The maximum absolute atomic E-state index is 3.82. The second-order valence-electron chi connectivity index (χ2n) is 6.94. The van der Waals surface area contributed by atoms with Crippen LogP contribution in [0.5, 0.6) is 0 Å². The quantitative estimate of drug-likeness (QED) is 0.770. The van der Waals surface area contributed by atoms with Crippen molar-refractivity contribution in [2.75, 3.05) is 13.1 Å². The summed E-state index contributed by atoms with van der Waals surface area (Å²) in [6, 6.07) is 1.57. The van der Waals surface area contributed by atoms with E-state index in [0.29, 0.717) is 5.41 Å². The Morgan fingerprint density at radius 1 is 1.19 bits per heavy atom. The van der Waals surface area contributed by atoms with Gasteiger partial charge < -0.3 is 10.6 Å². The first-order valence-corrected chi connectivity index (χ1v) is 7.01. The van der Waals surface area contributed by atoms with Gasteiger partial charge in [0.2, 0.25) is 0 Å². The van der Waals surface area contributed by atoms with Gasteiger partial charge in [-0.25, -0.2) is 0 Å². The Morgan fingerprint density at radius 3 is 2.62 bits per heavy atom. The molecule has 2 N–H and O–H groups in total. The first-order valence-electron chi connectivity index (χ1n) is 7.01. The highest BCUT2D eigenvalue weighted by Crippen LogP contribution is 2.32. The molecule has 1 aliphatic heterocycles. The van der Waals surface area contributed by atoms with Crippen LogP contribution in [0.15, 0.2) is 0 Å². The lowest BCUT2D eigenvalue weighted by atomic mass is 9.85. The second kappa shape index (κ2) is 5.05. The van der Waals surface area contributed by atoms with E-state index in [-0.39, 0.29) is 0 Å². The molecule has 1 saturated carbocycles. The van der Waals surface area contributed by atoms with Crippen molar-refractivity contribution in [1.82, 2.24) is 10.6 Å². The lowest BCUT2D eigenvalue weighted by Gasteiger charge is -2.24. The van der Waals surface area contributed by atoms with Gasteiger partial charge in [-0.15, -0.1) is 0 Å². The van der Waals surface area contributed by atoms with Crippen LogP contribution in [0.3, 0.4) is 0 Å². The third-order valence-corrected chi connectivity index (χ3v) is 3.99. The normalized spacial score (nSPS) is 35.1. The Balaban J connectivity index is 1.68. The minimum Gasteiger partial charge on any atom is -0.315 e. The van der Waals surface area contributed by atoms with E-state index < -0.39 is 0 Å². The van der Waals surface area contributed by atoms with E-state index in [0.717, 1.165) is 31.1 Å². The number of rotatable bonds is 3. The summed E-state index contributed by atoms with van der Waals surface area (Å²) in [4.78, 5) is 0. The molecule has 1 aliphatic carbocycles. The zero-order chi connectivity index (χ0) is 11.6. The topological polar surface area (TPSA) is 24.1 Å². The van der Waals surface area contributed by atoms with Gasteiger partial charge in [0.05, 0.1) is 0 Å². The van der Waals surface area contributed by atoms with Crippen molar-refractivity contribution in [2.45, 2.75) is 65.0 Å². The fourth-order valence-corrected chi connectivity index (χ4v) is 3.21. The van der Waals surface area contributed by atoms with Crippen LogP contribution in [0, 0.1) is 11.3 Å². The molecule has 2 rings (SSSR count). The van der Waals surface area contributed by atoms with Gasteiger partial charge in [0.15, 0.2) is 0 Å². The molecule has 94 valence electrons. The smallest absolute Gasteiger partial charge is 0.0198 e. The van der Waals surface area contributed by atoms with Gasteiger partial charge in [0, 0.05) is 25.2 Å². The molecule has 1 saturated heterocycles. The number of hydrogen-bond acceptors (Lipinski definition) is 2. The van der Waals surface area contributed by atoms with Crippen LogP contribution >= 0.6 is 0 Å². The van der Waals surface area contributed by atoms with Crippen molar-refractivity contribution in [3.8, 4) is 0 Å². The van der Waals surface area contributed by atoms with Crippen LogP contribution in [0.2, 0.25) is 0 Å². The van der Waals surface area contributed by atoms with Gasteiger partial charge in [-0.05, 0) is 30.6 Å². The highest BCUT2D eigenvalue weighted by atomic mass is 15.0. The van der Waals surface area contributed by atoms with Crippen molar-refractivity contribution in [3.05, 3.63) is 0 Å². The molecule has 1 heterocycles. The lowest BCUT2D eigenvalue weighted by molar-refractivity contribution is 0.325. The number of fused-ring (bicyclic) bond motifs is 1. The first kappa shape index (κ1) is 12.4. The summed E-state index contributed by atoms with van der Waals surface area (Å²) < 4.78 is 0. The van der Waals surface area contributed by atoms with E-state index in [1.807, 2.05) is 0 Å². The predicted octanol–water partition coefficient (Wildman–Crippen LogP) is 2.54. The SMILES string of the molecule is CC(C)(C)CNCC1CC2CCCCC2N1. The summed E-state index contributed by atoms with van der Waals surface area (Å²) in [7, 11) is 0. The Kier molecular flexibility index (Phi) is 3.91. The summed E-state index contributed by atoms with van der Waals surface area (Å²) >= 11 is 0. The predicted molar refractivity (Wildman–Crippen MR) is 69.6 cm³/mol. The van der Waals surface area contributed by atoms with Crippen molar-refractivity contribution in [1.29, 1.82) is 0 Å². The van der Waals surface area contributed by atoms with E-state index in [2.05, 4.69) is 31.4 Å². The fraction of sp³-hybridized carbons (Fsp3) is 1.00. The van der Waals surface area contributed by atoms with Crippen LogP contribution in [-0.2, 0) is 0 Å². The largest absolute Gasteiger partial charge is 0.315 e. The molecule has 0 aromatic rings. The van der Waals surface area contributed by atoms with Crippen molar-refractivity contribution < 1.29 is 0 Å². The molecule has 0 amide bonds. The molecule has 2 fully saturated rings. The summed E-state index contributed by atoms with van der Waals surface area (Å²) in [5.41, 5.74) is 0.408. The molecule has 3 unspecified atom stereocenters. The van der Waals surface area contributed by atoms with Crippen molar-refractivity contribution in [3.63, 3.8) is 0 Å². The van der Waals surface area contributed by atoms with E-state index in [1.54, 1.807) is 0 Å². The molecular weight excluding hydrogens is 196 g/mol. The lowest BCUT2D eigenvalue weighted by Crippen LogP contribution is -2.40. The second-order valence-corrected chi connectivity index (χ2v) is 6.94. The molecule has 2 nitrogen and oxygen atoms in total. The van der Waals surface area contributed by atoms with E-state index in [4.69, 9.17) is 0 Å². The third kappa shape index (κ3) is 3.46. The molecule has 2 aliphatic rings. The fourth-order valence-electron chi connectivity index (χ4n) is 3.21. The molecule has 16 heavy (non-hydrogen) atoms. The van der Waals surface area contributed by atoms with Crippen LogP contribution in [-0.4, -0.2) is 25.2 Å². The molecule has 2 heteroatoms. The van der Waals surface area contributed by atoms with Gasteiger partial charge in [-0.1, -0.05) is 33.6 Å². The Labute approximate surface area is 101 Å². The molecule has 0 spiro atoms. The average molecular weight is 224 g/mol. The van der Waals surface area contributed by atoms with Gasteiger partial charge in [0.25, 0.3) is 0 Å². The van der Waals surface area contributed by atoms with Crippen LogP contribution in [0.4, 0.5) is 0 Å². The monoisotopic (exact) mass is 224 g/mol. The van der Waals surface area contributed by atoms with Crippen molar-refractivity contribution >= 4 is 0 Å². The van der Waals surface area contributed by atoms with Crippen molar-refractivity contribution in [2.24, 2.45) is 11.3 Å². The Hall–Kier alpha value is -0.0800. The first-order chi connectivity index (χ1) is 7.54. The highest BCUT2D eigenvalue weighted by Gasteiger charge is 2.34.